The molecule has 0 saturated heterocycles. The van der Waals surface area contributed by atoms with Gasteiger partial charge in [-0.05, 0) is 26.0 Å². The molecular formula is C14H18N2O3S. The molecule has 2 rings (SSSR count). The van der Waals surface area contributed by atoms with Gasteiger partial charge in [-0.25, -0.2) is 8.42 Å². The van der Waals surface area contributed by atoms with Crippen molar-refractivity contribution in [3.05, 3.63) is 47.9 Å². The molecule has 1 heterocycles. The fourth-order valence-electron chi connectivity index (χ4n) is 1.88. The molecular weight excluding hydrogens is 276 g/mol. The van der Waals surface area contributed by atoms with Crippen LogP contribution < -0.4 is 0 Å². The lowest BCUT2D eigenvalue weighted by molar-refractivity contribution is 0.331. The van der Waals surface area contributed by atoms with Crippen molar-refractivity contribution in [3.8, 4) is 0 Å². The van der Waals surface area contributed by atoms with Crippen LogP contribution in [0, 0.1) is 6.92 Å². The topological polar surface area (TPSA) is 63.4 Å². The molecule has 0 aliphatic carbocycles. The van der Waals surface area contributed by atoms with E-state index < -0.39 is 10.0 Å². The van der Waals surface area contributed by atoms with Gasteiger partial charge in [0.15, 0.2) is 0 Å². The van der Waals surface area contributed by atoms with Crippen LogP contribution in [0.4, 0.5) is 0 Å². The van der Waals surface area contributed by atoms with E-state index in [-0.39, 0.29) is 6.04 Å². The van der Waals surface area contributed by atoms with Gasteiger partial charge in [-0.15, -0.1) is 0 Å². The molecule has 1 aromatic carbocycles. The summed E-state index contributed by atoms with van der Waals surface area (Å²) in [5.74, 6) is 0.670. The third-order valence-electron chi connectivity index (χ3n) is 3.31. The second kappa shape index (κ2) is 5.76. The third-order valence-corrected chi connectivity index (χ3v) is 5.29. The molecule has 6 heteroatoms. The Morgan fingerprint density at radius 2 is 1.90 bits per heavy atom. The van der Waals surface area contributed by atoms with Crippen molar-refractivity contribution in [3.63, 3.8) is 0 Å². The highest BCUT2D eigenvalue weighted by atomic mass is 32.2. The number of nitrogens with zero attached hydrogens (tertiary/aromatic N) is 2. The second-order valence-electron chi connectivity index (χ2n) is 4.87. The van der Waals surface area contributed by atoms with Gasteiger partial charge in [-0.1, -0.05) is 22.9 Å². The average molecular weight is 294 g/mol. The van der Waals surface area contributed by atoms with Crippen molar-refractivity contribution in [1.82, 2.24) is 9.46 Å². The van der Waals surface area contributed by atoms with Crippen molar-refractivity contribution in [2.75, 3.05) is 7.05 Å². The van der Waals surface area contributed by atoms with Gasteiger partial charge in [0.05, 0.1) is 11.1 Å². The van der Waals surface area contributed by atoms with Gasteiger partial charge in [0, 0.05) is 25.6 Å². The zero-order valence-corrected chi connectivity index (χ0v) is 12.6. The molecule has 0 spiro atoms. The second-order valence-corrected chi connectivity index (χ2v) is 6.86. The Morgan fingerprint density at radius 1 is 1.25 bits per heavy atom. The Bertz CT molecular complexity index is 648. The Kier molecular flexibility index (Phi) is 4.25. The van der Waals surface area contributed by atoms with E-state index in [9.17, 15) is 8.42 Å². The first-order valence-electron chi connectivity index (χ1n) is 6.35. The van der Waals surface area contributed by atoms with E-state index in [1.54, 1.807) is 43.6 Å². The fourth-order valence-corrected chi connectivity index (χ4v) is 3.24. The maximum absolute atomic E-state index is 12.5. The normalized spacial score (nSPS) is 13.6. The van der Waals surface area contributed by atoms with Gasteiger partial charge in [-0.2, -0.15) is 4.31 Å². The van der Waals surface area contributed by atoms with Crippen molar-refractivity contribution >= 4 is 10.0 Å². The Labute approximate surface area is 119 Å². The average Bonchev–Trinajstić information content (AvgIpc) is 2.91. The third kappa shape index (κ3) is 3.08. The molecule has 20 heavy (non-hydrogen) atoms. The van der Waals surface area contributed by atoms with Gasteiger partial charge >= 0.3 is 0 Å². The highest BCUT2D eigenvalue weighted by molar-refractivity contribution is 7.89. The number of aromatic nitrogens is 1. The molecule has 0 saturated carbocycles. The molecule has 0 N–H and O–H groups in total. The molecule has 0 aliphatic rings. The summed E-state index contributed by atoms with van der Waals surface area (Å²) in [5, 5.41) is 3.62. The Balaban J connectivity index is 2.18. The summed E-state index contributed by atoms with van der Waals surface area (Å²) >= 11 is 0. The van der Waals surface area contributed by atoms with E-state index in [1.807, 2.05) is 13.8 Å². The smallest absolute Gasteiger partial charge is 0.243 e. The van der Waals surface area contributed by atoms with E-state index in [0.29, 0.717) is 17.1 Å². The molecule has 5 nitrogen and oxygen atoms in total. The maximum atomic E-state index is 12.5. The zero-order chi connectivity index (χ0) is 14.8. The Morgan fingerprint density at radius 3 is 2.45 bits per heavy atom. The summed E-state index contributed by atoms with van der Waals surface area (Å²) in [6.45, 7) is 3.76. The van der Waals surface area contributed by atoms with Crippen LogP contribution in [0.5, 0.6) is 0 Å². The van der Waals surface area contributed by atoms with Gasteiger partial charge in [-0.3, -0.25) is 0 Å². The van der Waals surface area contributed by atoms with E-state index in [2.05, 4.69) is 5.16 Å². The van der Waals surface area contributed by atoms with Crippen LogP contribution in [0.15, 0.2) is 45.9 Å². The van der Waals surface area contributed by atoms with Crippen LogP contribution in [0.25, 0.3) is 0 Å². The molecule has 0 unspecified atom stereocenters. The predicted molar refractivity (Wildman–Crippen MR) is 75.8 cm³/mol. The molecule has 0 fully saturated rings. The van der Waals surface area contributed by atoms with Crippen molar-refractivity contribution in [1.29, 1.82) is 0 Å². The lowest BCUT2D eigenvalue weighted by atomic mass is 10.2. The monoisotopic (exact) mass is 294 g/mol. The van der Waals surface area contributed by atoms with Crippen molar-refractivity contribution < 1.29 is 12.9 Å². The standard InChI is InChI=1S/C14H18N2O3S/c1-11-4-6-14(7-5-11)20(17,18)16(3)12(2)10-13-8-9-15-19-13/h4-9,12H,10H2,1-3H3/t12-/m0/s1. The molecule has 0 bridgehead atoms. The van der Waals surface area contributed by atoms with Crippen LogP contribution in [0.1, 0.15) is 18.2 Å². The van der Waals surface area contributed by atoms with Crippen LogP contribution in [-0.4, -0.2) is 31.0 Å². The minimum absolute atomic E-state index is 0.214. The fraction of sp³-hybridized carbons (Fsp3) is 0.357. The lowest BCUT2D eigenvalue weighted by Crippen LogP contribution is -2.36. The summed E-state index contributed by atoms with van der Waals surface area (Å²) in [4.78, 5) is 0.301. The first-order chi connectivity index (χ1) is 9.41. The highest BCUT2D eigenvalue weighted by Crippen LogP contribution is 2.18. The van der Waals surface area contributed by atoms with Gasteiger partial charge < -0.3 is 4.52 Å². The summed E-state index contributed by atoms with van der Waals surface area (Å²) in [5.41, 5.74) is 1.03. The van der Waals surface area contributed by atoms with E-state index in [4.69, 9.17) is 4.52 Å². The quantitative estimate of drug-likeness (QED) is 0.848. The molecule has 0 radical (unpaired) electrons. The molecule has 0 amide bonds. The summed E-state index contributed by atoms with van der Waals surface area (Å²) < 4.78 is 31.4. The van der Waals surface area contributed by atoms with Crippen molar-refractivity contribution in [2.45, 2.75) is 31.2 Å². The number of sulfonamides is 1. The number of rotatable bonds is 5. The number of aryl methyl sites for hydroxylation is 1. The lowest BCUT2D eigenvalue weighted by Gasteiger charge is -2.23. The highest BCUT2D eigenvalue weighted by Gasteiger charge is 2.25. The van der Waals surface area contributed by atoms with Gasteiger partial charge in [0.25, 0.3) is 0 Å². The summed E-state index contributed by atoms with van der Waals surface area (Å²) in [6, 6.07) is 8.37. The number of hydrogen-bond acceptors (Lipinski definition) is 4. The zero-order valence-electron chi connectivity index (χ0n) is 11.8. The minimum Gasteiger partial charge on any atom is -0.361 e. The first kappa shape index (κ1) is 14.7. The van der Waals surface area contributed by atoms with E-state index in [1.165, 1.54) is 4.31 Å². The van der Waals surface area contributed by atoms with Crippen molar-refractivity contribution in [2.24, 2.45) is 0 Å². The molecule has 1 aromatic heterocycles. The largest absolute Gasteiger partial charge is 0.361 e. The summed E-state index contributed by atoms with van der Waals surface area (Å²) in [6.07, 6.45) is 2.04. The van der Waals surface area contributed by atoms with E-state index in [0.717, 1.165) is 5.56 Å². The van der Waals surface area contributed by atoms with Gasteiger partial charge in [0.1, 0.15) is 5.76 Å². The van der Waals surface area contributed by atoms with Gasteiger partial charge in [0.2, 0.25) is 10.0 Å². The SMILES string of the molecule is Cc1ccc(S(=O)(=O)N(C)[C@@H](C)Cc2ccno2)cc1. The number of hydrogen-bond donors (Lipinski definition) is 0. The van der Waals surface area contributed by atoms with E-state index >= 15 is 0 Å². The molecule has 108 valence electrons. The summed E-state index contributed by atoms with van der Waals surface area (Å²) in [7, 11) is -1.91. The van der Waals surface area contributed by atoms with Crippen LogP contribution in [0.2, 0.25) is 0 Å². The number of benzene rings is 1. The maximum Gasteiger partial charge on any atom is 0.243 e. The minimum atomic E-state index is -3.49. The number of likely N-dealkylation sites (N-methyl/N-ethyl adjacent to an activating group) is 1. The van der Waals surface area contributed by atoms with Crippen LogP contribution in [0.3, 0.4) is 0 Å². The van der Waals surface area contributed by atoms with Crippen LogP contribution >= 0.6 is 0 Å². The molecule has 2 aromatic rings. The molecule has 0 aliphatic heterocycles. The molecule has 1 atom stereocenters. The predicted octanol–water partition coefficient (Wildman–Crippen LogP) is 2.23. The van der Waals surface area contributed by atoms with Crippen LogP contribution in [-0.2, 0) is 16.4 Å². The Hall–Kier alpha value is -1.66. The first-order valence-corrected chi connectivity index (χ1v) is 7.79.